The lowest BCUT2D eigenvalue weighted by atomic mass is 9.85. The third kappa shape index (κ3) is 3.58. The summed E-state index contributed by atoms with van der Waals surface area (Å²) in [5.74, 6) is 0.582. The Hall–Kier alpha value is -0.860. The quantitative estimate of drug-likeness (QED) is 0.836. The summed E-state index contributed by atoms with van der Waals surface area (Å²) in [6.07, 6.45) is 5.88. The number of ether oxygens (including phenoxy) is 1. The van der Waals surface area contributed by atoms with E-state index in [4.69, 9.17) is 10.5 Å². The van der Waals surface area contributed by atoms with Gasteiger partial charge in [-0.1, -0.05) is 24.3 Å². The molecule has 19 heavy (non-hydrogen) atoms. The fourth-order valence-electron chi connectivity index (χ4n) is 3.03. The second-order valence-electron chi connectivity index (χ2n) is 6.38. The van der Waals surface area contributed by atoms with Gasteiger partial charge >= 0.3 is 0 Å². The molecule has 2 rings (SSSR count). The average Bonchev–Trinajstić information content (AvgIpc) is 2.57. The van der Waals surface area contributed by atoms with E-state index in [0.717, 1.165) is 12.8 Å². The van der Waals surface area contributed by atoms with Crippen molar-refractivity contribution in [3.63, 3.8) is 0 Å². The molecule has 2 unspecified atom stereocenters. The van der Waals surface area contributed by atoms with Crippen LogP contribution in [0.3, 0.4) is 0 Å². The summed E-state index contributed by atoms with van der Waals surface area (Å²) in [6.45, 7) is 4.31. The zero-order chi connectivity index (χ0) is 13.9. The van der Waals surface area contributed by atoms with Crippen LogP contribution in [-0.2, 0) is 11.2 Å². The highest BCUT2D eigenvalue weighted by atomic mass is 16.5. The third-order valence-corrected chi connectivity index (χ3v) is 4.61. The zero-order valence-corrected chi connectivity index (χ0v) is 12.5. The summed E-state index contributed by atoms with van der Waals surface area (Å²) < 4.78 is 5.52. The van der Waals surface area contributed by atoms with Crippen molar-refractivity contribution >= 4 is 0 Å². The monoisotopic (exact) mass is 261 g/mol. The van der Waals surface area contributed by atoms with Gasteiger partial charge in [0.15, 0.2) is 0 Å². The Bertz CT molecular complexity index is 413. The molecule has 0 bridgehead atoms. The van der Waals surface area contributed by atoms with E-state index in [2.05, 4.69) is 38.1 Å². The molecule has 2 N–H and O–H groups in total. The molecular formula is C17H27NO. The maximum Gasteiger partial charge on any atom is 0.0622 e. The first-order chi connectivity index (χ1) is 9.03. The van der Waals surface area contributed by atoms with Crippen molar-refractivity contribution in [2.24, 2.45) is 11.7 Å². The molecule has 2 nitrogen and oxygen atoms in total. The minimum Gasteiger partial charge on any atom is -0.379 e. The van der Waals surface area contributed by atoms with Gasteiger partial charge in [0.25, 0.3) is 0 Å². The maximum atomic E-state index is 6.52. The SMILES string of the molecule is COC(C)(C)CCC1CCCc2ccccc2C1N. The fourth-order valence-corrected chi connectivity index (χ4v) is 3.03. The summed E-state index contributed by atoms with van der Waals surface area (Å²) in [5, 5.41) is 0. The molecule has 0 fully saturated rings. The van der Waals surface area contributed by atoms with Crippen LogP contribution in [0.5, 0.6) is 0 Å². The lowest BCUT2D eigenvalue weighted by Gasteiger charge is -2.28. The molecule has 0 spiro atoms. The lowest BCUT2D eigenvalue weighted by molar-refractivity contribution is 0.00918. The van der Waals surface area contributed by atoms with Crippen molar-refractivity contribution in [1.82, 2.24) is 0 Å². The number of hydrogen-bond donors (Lipinski definition) is 1. The van der Waals surface area contributed by atoms with Gasteiger partial charge in [-0.2, -0.15) is 0 Å². The van der Waals surface area contributed by atoms with E-state index in [-0.39, 0.29) is 11.6 Å². The number of hydrogen-bond acceptors (Lipinski definition) is 2. The summed E-state index contributed by atoms with van der Waals surface area (Å²) in [7, 11) is 1.79. The van der Waals surface area contributed by atoms with Crippen molar-refractivity contribution in [3.8, 4) is 0 Å². The van der Waals surface area contributed by atoms with Crippen LogP contribution >= 0.6 is 0 Å². The van der Waals surface area contributed by atoms with E-state index in [1.807, 2.05) is 0 Å². The molecular weight excluding hydrogens is 234 g/mol. The summed E-state index contributed by atoms with van der Waals surface area (Å²) in [5.41, 5.74) is 9.29. The van der Waals surface area contributed by atoms with E-state index in [1.54, 1.807) is 7.11 Å². The van der Waals surface area contributed by atoms with E-state index >= 15 is 0 Å². The van der Waals surface area contributed by atoms with Crippen molar-refractivity contribution in [2.75, 3.05) is 7.11 Å². The zero-order valence-electron chi connectivity index (χ0n) is 12.5. The Labute approximate surface area is 117 Å². The Balaban J connectivity index is 2.07. The first-order valence-corrected chi connectivity index (χ1v) is 7.42. The van der Waals surface area contributed by atoms with Crippen molar-refractivity contribution in [2.45, 2.75) is 57.6 Å². The molecule has 0 saturated carbocycles. The van der Waals surface area contributed by atoms with Crippen LogP contribution in [0.4, 0.5) is 0 Å². The molecule has 1 aliphatic carbocycles. The first kappa shape index (κ1) is 14.5. The van der Waals surface area contributed by atoms with Gasteiger partial charge in [-0.3, -0.25) is 0 Å². The standard InChI is InChI=1S/C17H27NO/c1-17(2,19-3)12-11-14-9-6-8-13-7-4-5-10-15(13)16(14)18/h4-5,7,10,14,16H,6,8-9,11-12,18H2,1-3H3. The molecule has 1 aromatic carbocycles. The molecule has 1 aliphatic rings. The van der Waals surface area contributed by atoms with Gasteiger partial charge in [0, 0.05) is 13.2 Å². The molecule has 0 radical (unpaired) electrons. The van der Waals surface area contributed by atoms with Crippen LogP contribution in [0, 0.1) is 5.92 Å². The van der Waals surface area contributed by atoms with Crippen LogP contribution in [0.2, 0.25) is 0 Å². The number of benzene rings is 1. The van der Waals surface area contributed by atoms with E-state index in [0.29, 0.717) is 5.92 Å². The van der Waals surface area contributed by atoms with Crippen molar-refractivity contribution in [1.29, 1.82) is 0 Å². The highest BCUT2D eigenvalue weighted by Gasteiger charge is 2.27. The predicted octanol–water partition coefficient (Wildman–Crippen LogP) is 3.84. The lowest BCUT2D eigenvalue weighted by Crippen LogP contribution is -2.27. The second-order valence-corrected chi connectivity index (χ2v) is 6.38. The summed E-state index contributed by atoms with van der Waals surface area (Å²) >= 11 is 0. The van der Waals surface area contributed by atoms with Crippen LogP contribution in [0.15, 0.2) is 24.3 Å². The van der Waals surface area contributed by atoms with Gasteiger partial charge in [-0.05, 0) is 63.0 Å². The van der Waals surface area contributed by atoms with Gasteiger partial charge in [-0.15, -0.1) is 0 Å². The van der Waals surface area contributed by atoms with Crippen LogP contribution in [0.25, 0.3) is 0 Å². The molecule has 0 amide bonds. The van der Waals surface area contributed by atoms with Crippen LogP contribution < -0.4 is 5.73 Å². The van der Waals surface area contributed by atoms with Crippen LogP contribution in [-0.4, -0.2) is 12.7 Å². The normalized spacial score (nSPS) is 23.8. The molecule has 2 heteroatoms. The second kappa shape index (κ2) is 6.06. The minimum absolute atomic E-state index is 0.0362. The minimum atomic E-state index is -0.0362. The molecule has 1 aromatic rings. The molecule has 0 saturated heterocycles. The number of fused-ring (bicyclic) bond motifs is 1. The fraction of sp³-hybridized carbons (Fsp3) is 0.647. The largest absolute Gasteiger partial charge is 0.379 e. The summed E-state index contributed by atoms with van der Waals surface area (Å²) in [4.78, 5) is 0. The molecule has 0 heterocycles. The Kier molecular flexibility index (Phi) is 4.64. The predicted molar refractivity (Wildman–Crippen MR) is 80.1 cm³/mol. The molecule has 2 atom stereocenters. The maximum absolute atomic E-state index is 6.52. The third-order valence-electron chi connectivity index (χ3n) is 4.61. The Morgan fingerprint density at radius 2 is 2.05 bits per heavy atom. The van der Waals surface area contributed by atoms with Crippen molar-refractivity contribution in [3.05, 3.63) is 35.4 Å². The summed E-state index contributed by atoms with van der Waals surface area (Å²) in [6, 6.07) is 8.86. The smallest absolute Gasteiger partial charge is 0.0622 e. The van der Waals surface area contributed by atoms with Gasteiger partial charge in [0.1, 0.15) is 0 Å². The average molecular weight is 261 g/mol. The Morgan fingerprint density at radius 3 is 2.79 bits per heavy atom. The van der Waals surface area contributed by atoms with Gasteiger partial charge in [0.05, 0.1) is 5.60 Å². The van der Waals surface area contributed by atoms with Crippen LogP contribution in [0.1, 0.15) is 56.7 Å². The Morgan fingerprint density at radius 1 is 1.32 bits per heavy atom. The van der Waals surface area contributed by atoms with Gasteiger partial charge in [0.2, 0.25) is 0 Å². The first-order valence-electron chi connectivity index (χ1n) is 7.42. The van der Waals surface area contributed by atoms with E-state index < -0.39 is 0 Å². The number of nitrogens with two attached hydrogens (primary N) is 1. The van der Waals surface area contributed by atoms with E-state index in [9.17, 15) is 0 Å². The number of aryl methyl sites for hydroxylation is 1. The number of methoxy groups -OCH3 is 1. The highest BCUT2D eigenvalue weighted by Crippen LogP contribution is 2.35. The van der Waals surface area contributed by atoms with E-state index in [1.165, 1.54) is 30.4 Å². The molecule has 106 valence electrons. The van der Waals surface area contributed by atoms with Gasteiger partial charge in [-0.25, -0.2) is 0 Å². The molecule has 0 aromatic heterocycles. The topological polar surface area (TPSA) is 35.2 Å². The molecule has 0 aliphatic heterocycles. The number of rotatable bonds is 4. The van der Waals surface area contributed by atoms with Gasteiger partial charge < -0.3 is 10.5 Å². The highest BCUT2D eigenvalue weighted by molar-refractivity contribution is 5.31. The van der Waals surface area contributed by atoms with Crippen molar-refractivity contribution < 1.29 is 4.74 Å².